The fourth-order valence-electron chi connectivity index (χ4n) is 2.37. The van der Waals surface area contributed by atoms with Crippen molar-refractivity contribution >= 4 is 12.0 Å². The van der Waals surface area contributed by atoms with Crippen molar-refractivity contribution in [1.29, 1.82) is 0 Å². The fourth-order valence-corrected chi connectivity index (χ4v) is 2.37. The first kappa shape index (κ1) is 19.5. The average Bonchev–Trinajstić information content (AvgIpc) is 2.94. The molecule has 0 aromatic heterocycles. The van der Waals surface area contributed by atoms with Gasteiger partial charge in [0.05, 0.1) is 13.2 Å². The minimum atomic E-state index is -0.561. The molecular weight excluding hydrogens is 268 g/mol. The SMILES string of the molecule is C/C=C/C1CCCN1C(=O)C(NC(=O)OC)C(C)C.CC. The Kier molecular flexibility index (Phi) is 9.50. The molecule has 0 saturated carbocycles. The summed E-state index contributed by atoms with van der Waals surface area (Å²) in [5.41, 5.74) is 0. The van der Waals surface area contributed by atoms with Crippen molar-refractivity contribution in [2.75, 3.05) is 13.7 Å². The molecule has 1 aliphatic heterocycles. The summed E-state index contributed by atoms with van der Waals surface area (Å²) in [7, 11) is 1.30. The predicted octanol–water partition coefficient (Wildman–Crippen LogP) is 2.96. The molecule has 0 radical (unpaired) electrons. The van der Waals surface area contributed by atoms with Gasteiger partial charge in [0.15, 0.2) is 0 Å². The Morgan fingerprint density at radius 1 is 1.33 bits per heavy atom. The second-order valence-corrected chi connectivity index (χ2v) is 5.12. The van der Waals surface area contributed by atoms with E-state index in [0.29, 0.717) is 0 Å². The summed E-state index contributed by atoms with van der Waals surface area (Å²) in [6.45, 7) is 10.5. The van der Waals surface area contributed by atoms with Gasteiger partial charge in [0, 0.05) is 6.54 Å². The van der Waals surface area contributed by atoms with Gasteiger partial charge in [0.2, 0.25) is 5.91 Å². The number of ether oxygens (including phenoxy) is 1. The molecule has 21 heavy (non-hydrogen) atoms. The molecule has 2 unspecified atom stereocenters. The van der Waals surface area contributed by atoms with E-state index in [1.165, 1.54) is 7.11 Å². The lowest BCUT2D eigenvalue weighted by atomic mass is 10.0. The van der Waals surface area contributed by atoms with Gasteiger partial charge in [-0.3, -0.25) is 4.79 Å². The summed E-state index contributed by atoms with van der Waals surface area (Å²) < 4.78 is 4.58. The van der Waals surface area contributed by atoms with Crippen LogP contribution in [0.15, 0.2) is 12.2 Å². The van der Waals surface area contributed by atoms with Gasteiger partial charge in [0.1, 0.15) is 6.04 Å². The molecule has 2 amide bonds. The van der Waals surface area contributed by atoms with Gasteiger partial charge in [-0.05, 0) is 25.7 Å². The second-order valence-electron chi connectivity index (χ2n) is 5.12. The largest absolute Gasteiger partial charge is 0.453 e. The highest BCUT2D eigenvalue weighted by Gasteiger charge is 2.34. The maximum atomic E-state index is 12.5. The van der Waals surface area contributed by atoms with Gasteiger partial charge in [-0.2, -0.15) is 0 Å². The van der Waals surface area contributed by atoms with Crippen molar-refractivity contribution < 1.29 is 14.3 Å². The number of nitrogens with zero attached hydrogens (tertiary/aromatic N) is 1. The molecule has 1 N–H and O–H groups in total. The van der Waals surface area contributed by atoms with Crippen LogP contribution in [0.4, 0.5) is 4.79 Å². The Hall–Kier alpha value is -1.52. The van der Waals surface area contributed by atoms with Gasteiger partial charge in [0.25, 0.3) is 0 Å². The van der Waals surface area contributed by atoms with E-state index in [2.05, 4.69) is 10.1 Å². The van der Waals surface area contributed by atoms with E-state index in [4.69, 9.17) is 0 Å². The highest BCUT2D eigenvalue weighted by atomic mass is 16.5. The second kappa shape index (κ2) is 10.2. The lowest BCUT2D eigenvalue weighted by Gasteiger charge is -2.29. The molecule has 1 saturated heterocycles. The van der Waals surface area contributed by atoms with Crippen LogP contribution < -0.4 is 5.32 Å². The minimum Gasteiger partial charge on any atom is -0.453 e. The number of nitrogens with one attached hydrogen (secondary N) is 1. The number of rotatable bonds is 4. The minimum absolute atomic E-state index is 0.0263. The van der Waals surface area contributed by atoms with E-state index in [0.717, 1.165) is 19.4 Å². The van der Waals surface area contributed by atoms with Crippen LogP contribution in [0.5, 0.6) is 0 Å². The fraction of sp³-hybridized carbons (Fsp3) is 0.750. The number of amides is 2. The molecule has 122 valence electrons. The standard InChI is InChI=1S/C14H24N2O3.C2H6/c1-5-7-11-8-6-9-16(11)13(17)12(10(2)3)15-14(18)19-4;1-2/h5,7,10-12H,6,8-9H2,1-4H3,(H,15,18);1-2H3/b7-5+;. The van der Waals surface area contributed by atoms with Crippen LogP contribution in [-0.2, 0) is 9.53 Å². The van der Waals surface area contributed by atoms with Crippen molar-refractivity contribution in [2.45, 2.75) is 59.5 Å². The molecule has 1 fully saturated rings. The Morgan fingerprint density at radius 2 is 1.95 bits per heavy atom. The van der Waals surface area contributed by atoms with E-state index < -0.39 is 12.1 Å². The zero-order chi connectivity index (χ0) is 16.4. The Labute approximate surface area is 128 Å². The maximum Gasteiger partial charge on any atom is 0.407 e. The molecule has 0 spiro atoms. The third-order valence-corrected chi connectivity index (χ3v) is 3.39. The summed E-state index contributed by atoms with van der Waals surface area (Å²) in [6, 6.07) is -0.378. The first-order valence-corrected chi connectivity index (χ1v) is 7.79. The van der Waals surface area contributed by atoms with Gasteiger partial charge in [-0.25, -0.2) is 4.79 Å². The molecule has 2 atom stereocenters. The molecule has 1 heterocycles. The Bertz CT molecular complexity index is 353. The van der Waals surface area contributed by atoms with Gasteiger partial charge < -0.3 is 15.0 Å². The smallest absolute Gasteiger partial charge is 0.407 e. The van der Waals surface area contributed by atoms with E-state index in [1.807, 2.05) is 51.7 Å². The Balaban J connectivity index is 0.00000191. The van der Waals surface area contributed by atoms with Crippen molar-refractivity contribution in [3.8, 4) is 0 Å². The van der Waals surface area contributed by atoms with Crippen LogP contribution in [0.3, 0.4) is 0 Å². The normalized spacial score (nSPS) is 19.2. The highest BCUT2D eigenvalue weighted by molar-refractivity contribution is 5.86. The van der Waals surface area contributed by atoms with E-state index in [-0.39, 0.29) is 17.9 Å². The van der Waals surface area contributed by atoms with Crippen LogP contribution in [0, 0.1) is 5.92 Å². The summed E-state index contributed by atoms with van der Waals surface area (Å²) in [6.07, 6.45) is 5.44. The van der Waals surface area contributed by atoms with Gasteiger partial charge >= 0.3 is 6.09 Å². The highest BCUT2D eigenvalue weighted by Crippen LogP contribution is 2.21. The number of hydrogen-bond acceptors (Lipinski definition) is 3. The van der Waals surface area contributed by atoms with Crippen molar-refractivity contribution in [2.24, 2.45) is 5.92 Å². The van der Waals surface area contributed by atoms with Crippen molar-refractivity contribution in [3.63, 3.8) is 0 Å². The van der Waals surface area contributed by atoms with E-state index >= 15 is 0 Å². The van der Waals surface area contributed by atoms with Crippen LogP contribution >= 0.6 is 0 Å². The first-order valence-electron chi connectivity index (χ1n) is 7.79. The zero-order valence-electron chi connectivity index (χ0n) is 14.2. The Morgan fingerprint density at radius 3 is 2.43 bits per heavy atom. The molecule has 0 aromatic rings. The summed E-state index contributed by atoms with van der Waals surface area (Å²) in [5.74, 6) is -0.000504. The molecule has 0 aliphatic carbocycles. The quantitative estimate of drug-likeness (QED) is 0.812. The number of alkyl carbamates (subject to hydrolysis) is 1. The average molecular weight is 298 g/mol. The molecular formula is C16H30N2O3. The maximum absolute atomic E-state index is 12.5. The summed E-state index contributed by atoms with van der Waals surface area (Å²) in [4.78, 5) is 25.7. The van der Waals surface area contributed by atoms with Gasteiger partial charge in [-0.1, -0.05) is 39.8 Å². The molecule has 0 aromatic carbocycles. The van der Waals surface area contributed by atoms with Crippen molar-refractivity contribution in [1.82, 2.24) is 10.2 Å². The summed E-state index contributed by atoms with van der Waals surface area (Å²) >= 11 is 0. The topological polar surface area (TPSA) is 58.6 Å². The van der Waals surface area contributed by atoms with Crippen molar-refractivity contribution in [3.05, 3.63) is 12.2 Å². The first-order chi connectivity index (χ1) is 10.0. The monoisotopic (exact) mass is 298 g/mol. The zero-order valence-corrected chi connectivity index (χ0v) is 14.2. The molecule has 1 rings (SSSR count). The molecule has 5 heteroatoms. The van der Waals surface area contributed by atoms with Crippen LogP contribution in [-0.4, -0.2) is 42.6 Å². The lowest BCUT2D eigenvalue weighted by molar-refractivity contribution is -0.134. The molecule has 0 bridgehead atoms. The third kappa shape index (κ3) is 5.78. The van der Waals surface area contributed by atoms with Crippen LogP contribution in [0.2, 0.25) is 0 Å². The molecule has 5 nitrogen and oxygen atoms in total. The van der Waals surface area contributed by atoms with Crippen LogP contribution in [0.25, 0.3) is 0 Å². The number of allylic oxidation sites excluding steroid dienone is 1. The molecule has 1 aliphatic rings. The van der Waals surface area contributed by atoms with E-state index in [9.17, 15) is 9.59 Å². The number of carbonyl (C=O) groups is 2. The number of hydrogen-bond donors (Lipinski definition) is 1. The van der Waals surface area contributed by atoms with Gasteiger partial charge in [-0.15, -0.1) is 0 Å². The third-order valence-electron chi connectivity index (χ3n) is 3.39. The van der Waals surface area contributed by atoms with Crippen LogP contribution in [0.1, 0.15) is 47.5 Å². The number of likely N-dealkylation sites (tertiary alicyclic amines) is 1. The summed E-state index contributed by atoms with van der Waals surface area (Å²) in [5, 5.41) is 2.63. The lowest BCUT2D eigenvalue weighted by Crippen LogP contribution is -2.52. The van der Waals surface area contributed by atoms with E-state index in [1.54, 1.807) is 0 Å². The number of methoxy groups -OCH3 is 1. The number of carbonyl (C=O) groups excluding carboxylic acids is 2. The predicted molar refractivity (Wildman–Crippen MR) is 85.1 cm³/mol.